The number of ether oxygens (including phenoxy) is 1. The minimum absolute atomic E-state index is 0.0875. The summed E-state index contributed by atoms with van der Waals surface area (Å²) in [5.41, 5.74) is 9.11. The molecule has 2 heterocycles. The Morgan fingerprint density at radius 3 is 1.85 bits per heavy atom. The lowest BCUT2D eigenvalue weighted by molar-refractivity contribution is 0.487. The molecule has 2 aliphatic rings. The standard InChI is InChI=1S/C36H30N2OSi/c1-36(2)28-9-5-7-11-30(28)38(31-12-8-6-10-29(31)36)27-18-20-33-35(22-27)40(3,4)34-21-26(17-19-32(34)39-33)25-15-13-24(23-37)14-16-25/h5-22H,1-4H3. The Morgan fingerprint density at radius 1 is 0.675 bits per heavy atom. The minimum Gasteiger partial charge on any atom is -0.458 e. The van der Waals surface area contributed by atoms with Crippen LogP contribution >= 0.6 is 0 Å². The lowest BCUT2D eigenvalue weighted by Gasteiger charge is -2.42. The van der Waals surface area contributed by atoms with Gasteiger partial charge in [0.05, 0.1) is 23.0 Å². The zero-order valence-corrected chi connectivity index (χ0v) is 24.2. The first-order valence-electron chi connectivity index (χ1n) is 13.8. The molecule has 3 nitrogen and oxygen atoms in total. The van der Waals surface area contributed by atoms with Gasteiger partial charge in [-0.3, -0.25) is 0 Å². The number of rotatable bonds is 2. The first-order valence-corrected chi connectivity index (χ1v) is 16.8. The van der Waals surface area contributed by atoms with E-state index in [1.807, 2.05) is 24.3 Å². The number of nitriles is 1. The normalized spacial score (nSPS) is 15.5. The fourth-order valence-electron chi connectivity index (χ4n) is 6.47. The van der Waals surface area contributed by atoms with E-state index in [0.717, 1.165) is 28.3 Å². The van der Waals surface area contributed by atoms with Crippen LogP contribution in [-0.2, 0) is 5.41 Å². The molecule has 0 bridgehead atoms. The summed E-state index contributed by atoms with van der Waals surface area (Å²) in [5, 5.41) is 11.8. The Kier molecular flexibility index (Phi) is 5.32. The lowest BCUT2D eigenvalue weighted by Crippen LogP contribution is -2.56. The third-order valence-electron chi connectivity index (χ3n) is 8.75. The molecular formula is C36H30N2OSi. The molecule has 0 unspecified atom stereocenters. The highest BCUT2D eigenvalue weighted by Gasteiger charge is 2.39. The molecule has 7 rings (SSSR count). The van der Waals surface area contributed by atoms with Crippen LogP contribution in [0.5, 0.6) is 11.5 Å². The van der Waals surface area contributed by atoms with Gasteiger partial charge in [-0.25, -0.2) is 0 Å². The van der Waals surface area contributed by atoms with Gasteiger partial charge in [0.15, 0.2) is 0 Å². The Morgan fingerprint density at radius 2 is 1.23 bits per heavy atom. The van der Waals surface area contributed by atoms with Crippen molar-refractivity contribution in [1.29, 1.82) is 5.26 Å². The molecule has 0 saturated heterocycles. The average Bonchev–Trinajstić information content (AvgIpc) is 2.98. The summed E-state index contributed by atoms with van der Waals surface area (Å²) in [7, 11) is -2.12. The van der Waals surface area contributed by atoms with Gasteiger partial charge in [-0.1, -0.05) is 87.6 Å². The van der Waals surface area contributed by atoms with Crippen LogP contribution in [0.15, 0.2) is 109 Å². The van der Waals surface area contributed by atoms with Crippen molar-refractivity contribution in [2.45, 2.75) is 32.4 Å². The van der Waals surface area contributed by atoms with Crippen molar-refractivity contribution in [3.05, 3.63) is 126 Å². The largest absolute Gasteiger partial charge is 0.458 e. The van der Waals surface area contributed by atoms with E-state index in [0.29, 0.717) is 5.56 Å². The maximum Gasteiger partial charge on any atom is 0.127 e. The highest BCUT2D eigenvalue weighted by Crippen LogP contribution is 2.51. The minimum atomic E-state index is -2.12. The summed E-state index contributed by atoms with van der Waals surface area (Å²) in [6, 6.07) is 40.8. The topological polar surface area (TPSA) is 36.3 Å². The van der Waals surface area contributed by atoms with Gasteiger partial charge in [-0.15, -0.1) is 0 Å². The quantitative estimate of drug-likeness (QED) is 0.214. The molecule has 5 aromatic carbocycles. The van der Waals surface area contributed by atoms with E-state index >= 15 is 0 Å². The van der Waals surface area contributed by atoms with Crippen LogP contribution in [0.1, 0.15) is 30.5 Å². The Balaban J connectivity index is 1.36. The van der Waals surface area contributed by atoms with Crippen LogP contribution in [0.3, 0.4) is 0 Å². The second-order valence-corrected chi connectivity index (χ2v) is 16.1. The van der Waals surface area contributed by atoms with Gasteiger partial charge in [-0.05, 0) is 81.2 Å². The molecule has 0 aromatic heterocycles. The predicted octanol–water partition coefficient (Wildman–Crippen LogP) is 8.26. The lowest BCUT2D eigenvalue weighted by atomic mass is 9.73. The highest BCUT2D eigenvalue weighted by molar-refractivity contribution is 7.01. The van der Waals surface area contributed by atoms with Gasteiger partial charge in [0.2, 0.25) is 0 Å². The van der Waals surface area contributed by atoms with Gasteiger partial charge >= 0.3 is 0 Å². The summed E-state index contributed by atoms with van der Waals surface area (Å²) < 4.78 is 6.53. The van der Waals surface area contributed by atoms with Gasteiger partial charge in [0, 0.05) is 11.1 Å². The second-order valence-electron chi connectivity index (χ2n) is 11.8. The third-order valence-corrected chi connectivity index (χ3v) is 12.2. The SMILES string of the molecule is CC1(C)c2ccccc2N(c2ccc3c(c2)[Si](C)(C)c2cc(-c4ccc(C#N)cc4)ccc2O3)c2ccccc21. The number of nitrogens with zero attached hydrogens (tertiary/aromatic N) is 2. The molecule has 0 amide bonds. The van der Waals surface area contributed by atoms with Crippen molar-refractivity contribution in [1.82, 2.24) is 0 Å². The van der Waals surface area contributed by atoms with E-state index in [2.05, 4.69) is 123 Å². The fourth-order valence-corrected chi connectivity index (χ4v) is 9.29. The number of para-hydroxylation sites is 2. The van der Waals surface area contributed by atoms with E-state index < -0.39 is 8.07 Å². The maximum atomic E-state index is 9.20. The fraction of sp³-hybridized carbons (Fsp3) is 0.139. The van der Waals surface area contributed by atoms with E-state index in [1.165, 1.54) is 32.9 Å². The van der Waals surface area contributed by atoms with Crippen LogP contribution in [0.4, 0.5) is 17.1 Å². The highest BCUT2D eigenvalue weighted by atomic mass is 28.3. The molecule has 0 spiro atoms. The van der Waals surface area contributed by atoms with Crippen LogP contribution < -0.4 is 20.0 Å². The van der Waals surface area contributed by atoms with E-state index in [-0.39, 0.29) is 5.41 Å². The summed E-state index contributed by atoms with van der Waals surface area (Å²) >= 11 is 0. The Labute approximate surface area is 236 Å². The van der Waals surface area contributed by atoms with Gasteiger partial charge in [0.25, 0.3) is 0 Å². The van der Waals surface area contributed by atoms with Crippen LogP contribution in [0, 0.1) is 11.3 Å². The molecule has 40 heavy (non-hydrogen) atoms. The smallest absolute Gasteiger partial charge is 0.127 e. The van der Waals surface area contributed by atoms with Crippen molar-refractivity contribution in [2.75, 3.05) is 4.90 Å². The predicted molar refractivity (Wildman–Crippen MR) is 167 cm³/mol. The zero-order chi connectivity index (χ0) is 27.6. The van der Waals surface area contributed by atoms with Gasteiger partial charge in [0.1, 0.15) is 19.6 Å². The van der Waals surface area contributed by atoms with E-state index in [9.17, 15) is 5.26 Å². The number of hydrogen-bond acceptors (Lipinski definition) is 3. The summed E-state index contributed by atoms with van der Waals surface area (Å²) in [6.45, 7) is 9.48. The van der Waals surface area contributed by atoms with E-state index in [4.69, 9.17) is 4.74 Å². The number of benzene rings is 5. The molecule has 194 valence electrons. The Hall–Kier alpha value is -4.59. The van der Waals surface area contributed by atoms with Crippen molar-refractivity contribution in [2.24, 2.45) is 0 Å². The molecule has 5 aromatic rings. The average molecular weight is 535 g/mol. The maximum absolute atomic E-state index is 9.20. The van der Waals surface area contributed by atoms with Gasteiger partial charge in [-0.2, -0.15) is 5.26 Å². The molecule has 0 saturated carbocycles. The molecular weight excluding hydrogens is 504 g/mol. The Bertz CT molecular complexity index is 1800. The van der Waals surface area contributed by atoms with Crippen LogP contribution in [0.2, 0.25) is 13.1 Å². The van der Waals surface area contributed by atoms with Crippen molar-refractivity contribution < 1.29 is 4.74 Å². The zero-order valence-electron chi connectivity index (χ0n) is 23.2. The molecule has 2 aliphatic heterocycles. The number of anilines is 3. The van der Waals surface area contributed by atoms with E-state index in [1.54, 1.807) is 0 Å². The molecule has 0 N–H and O–H groups in total. The summed E-state index contributed by atoms with van der Waals surface area (Å²) in [4.78, 5) is 2.42. The summed E-state index contributed by atoms with van der Waals surface area (Å²) in [5.74, 6) is 1.91. The first kappa shape index (κ1) is 24.4. The molecule has 0 atom stereocenters. The first-order chi connectivity index (χ1) is 19.3. The van der Waals surface area contributed by atoms with Gasteiger partial charge < -0.3 is 9.64 Å². The number of hydrogen-bond donors (Lipinski definition) is 0. The molecule has 0 aliphatic carbocycles. The third kappa shape index (κ3) is 3.55. The monoisotopic (exact) mass is 534 g/mol. The van der Waals surface area contributed by atoms with Crippen molar-refractivity contribution >= 4 is 35.5 Å². The molecule has 0 radical (unpaired) electrons. The number of fused-ring (bicyclic) bond motifs is 4. The van der Waals surface area contributed by atoms with Crippen LogP contribution in [-0.4, -0.2) is 8.07 Å². The summed E-state index contributed by atoms with van der Waals surface area (Å²) in [6.07, 6.45) is 0. The second kappa shape index (κ2) is 8.71. The van der Waals surface area contributed by atoms with Crippen molar-refractivity contribution in [3.8, 4) is 28.7 Å². The van der Waals surface area contributed by atoms with Crippen molar-refractivity contribution in [3.63, 3.8) is 0 Å². The van der Waals surface area contributed by atoms with Crippen LogP contribution in [0.25, 0.3) is 11.1 Å². The molecule has 0 fully saturated rings. The molecule has 4 heteroatoms.